The number of ether oxygens (including phenoxy) is 2. The lowest BCUT2D eigenvalue weighted by atomic mass is 10.0. The topological polar surface area (TPSA) is 108 Å². The van der Waals surface area contributed by atoms with Crippen molar-refractivity contribution in [2.75, 3.05) is 47.5 Å². The average molecular weight is 913 g/mol. The van der Waals surface area contributed by atoms with Gasteiger partial charge in [0.05, 0.1) is 27.7 Å². The molecule has 0 spiro atoms. The summed E-state index contributed by atoms with van der Waals surface area (Å²) in [4.78, 5) is 35.5. The van der Waals surface area contributed by atoms with Crippen LogP contribution in [0.15, 0.2) is 24.3 Å². The van der Waals surface area contributed by atoms with Crippen LogP contribution in [0.3, 0.4) is 0 Å². The molecule has 0 saturated carbocycles. The molecular weight excluding hydrogens is 810 g/mol. The first-order valence-corrected chi connectivity index (χ1v) is 28.1. The van der Waals surface area contributed by atoms with Crippen molar-refractivity contribution in [2.24, 2.45) is 0 Å². The van der Waals surface area contributed by atoms with Crippen LogP contribution >= 0.6 is 7.82 Å². The summed E-state index contributed by atoms with van der Waals surface area (Å²) in [6.45, 7) is 4.42. The summed E-state index contributed by atoms with van der Waals surface area (Å²) in [7, 11) is 1.46. The molecular formula is C53H103NO8P+. The fourth-order valence-corrected chi connectivity index (χ4v) is 8.33. The average Bonchev–Trinajstić information content (AvgIpc) is 3.24. The number of carbonyl (C=O) groups excluding carboxylic acids is 2. The number of unbranched alkanes of at least 4 members (excludes halogenated alkanes) is 31. The maximum atomic E-state index is 12.7. The van der Waals surface area contributed by atoms with E-state index in [-0.39, 0.29) is 32.0 Å². The zero-order valence-corrected chi connectivity index (χ0v) is 43.0. The van der Waals surface area contributed by atoms with Crippen molar-refractivity contribution < 1.29 is 42.1 Å². The van der Waals surface area contributed by atoms with E-state index < -0.39 is 26.5 Å². The lowest BCUT2D eigenvalue weighted by Crippen LogP contribution is -2.37. The molecule has 0 amide bonds. The van der Waals surface area contributed by atoms with Crippen molar-refractivity contribution >= 4 is 19.8 Å². The molecule has 0 heterocycles. The van der Waals surface area contributed by atoms with E-state index in [2.05, 4.69) is 38.2 Å². The minimum absolute atomic E-state index is 0.0267. The Morgan fingerprint density at radius 2 is 0.873 bits per heavy atom. The van der Waals surface area contributed by atoms with Crippen LogP contribution in [0.25, 0.3) is 0 Å². The van der Waals surface area contributed by atoms with E-state index in [9.17, 15) is 19.0 Å². The summed E-state index contributed by atoms with van der Waals surface area (Å²) in [6, 6.07) is 0. The van der Waals surface area contributed by atoms with Gasteiger partial charge in [-0.25, -0.2) is 4.57 Å². The lowest BCUT2D eigenvalue weighted by molar-refractivity contribution is -0.870. The molecule has 0 fully saturated rings. The number of carbonyl (C=O) groups is 2. The van der Waals surface area contributed by atoms with Gasteiger partial charge in [-0.2, -0.15) is 0 Å². The zero-order chi connectivity index (χ0) is 46.4. The SMILES string of the molecule is CCCCCCCCCCC/C=C/C/C=C/CCCC(=O)O[C@H](COC(=O)CCCCCCCCCCCCCCCCCCCCCCCC)COP(=O)(O)OCC[N+](C)(C)C. The van der Waals surface area contributed by atoms with Crippen LogP contribution in [-0.4, -0.2) is 74.9 Å². The third-order valence-corrected chi connectivity index (χ3v) is 12.7. The van der Waals surface area contributed by atoms with Gasteiger partial charge in [-0.15, -0.1) is 0 Å². The quantitative estimate of drug-likeness (QED) is 0.0211. The van der Waals surface area contributed by atoms with E-state index in [1.807, 2.05) is 21.1 Å². The van der Waals surface area contributed by atoms with Gasteiger partial charge in [-0.05, 0) is 38.5 Å². The van der Waals surface area contributed by atoms with E-state index in [0.717, 1.165) is 38.5 Å². The summed E-state index contributed by atoms with van der Waals surface area (Å²) in [6.07, 6.45) is 52.5. The Morgan fingerprint density at radius 3 is 1.30 bits per heavy atom. The van der Waals surface area contributed by atoms with E-state index >= 15 is 0 Å². The van der Waals surface area contributed by atoms with Crippen LogP contribution in [0.5, 0.6) is 0 Å². The highest BCUT2D eigenvalue weighted by Gasteiger charge is 2.27. The van der Waals surface area contributed by atoms with E-state index in [1.165, 1.54) is 180 Å². The molecule has 0 saturated heterocycles. The number of rotatable bonds is 49. The van der Waals surface area contributed by atoms with Gasteiger partial charge < -0.3 is 18.9 Å². The second-order valence-electron chi connectivity index (χ2n) is 19.3. The number of nitrogens with zero attached hydrogens (tertiary/aromatic N) is 1. The smallest absolute Gasteiger partial charge is 0.462 e. The fourth-order valence-electron chi connectivity index (χ4n) is 7.59. The Morgan fingerprint density at radius 1 is 0.492 bits per heavy atom. The van der Waals surface area contributed by atoms with Crippen LogP contribution in [0.1, 0.15) is 251 Å². The highest BCUT2D eigenvalue weighted by atomic mass is 31.2. The minimum atomic E-state index is -4.39. The van der Waals surface area contributed by atoms with E-state index in [0.29, 0.717) is 17.4 Å². The number of esters is 2. The Kier molecular flexibility index (Phi) is 44.5. The predicted molar refractivity (Wildman–Crippen MR) is 266 cm³/mol. The minimum Gasteiger partial charge on any atom is -0.462 e. The maximum absolute atomic E-state index is 12.7. The highest BCUT2D eigenvalue weighted by Crippen LogP contribution is 2.43. The van der Waals surface area contributed by atoms with Crippen molar-refractivity contribution in [3.63, 3.8) is 0 Å². The summed E-state index contributed by atoms with van der Waals surface area (Å²) < 4.78 is 34.4. The molecule has 0 rings (SSSR count). The van der Waals surface area contributed by atoms with Gasteiger partial charge in [0.15, 0.2) is 6.10 Å². The molecule has 63 heavy (non-hydrogen) atoms. The molecule has 1 N–H and O–H groups in total. The van der Waals surface area contributed by atoms with Gasteiger partial charge in [0.25, 0.3) is 0 Å². The standard InChI is InChI=1S/C53H102NO8P/c1-6-8-10-12-14-16-18-20-22-24-25-26-27-28-30-31-33-35-37-39-41-43-45-52(55)59-49-51(50-61-63(57,58)60-48-47-54(3,4)5)62-53(56)46-44-42-40-38-36-34-32-29-23-21-19-17-15-13-11-9-7-2/h32,34,38,40,51H,6-31,33,35-37,39,41-50H2,1-5H3/p+1/b34-32+,40-38+/t51-/m1/s1. The van der Waals surface area contributed by atoms with Crippen LogP contribution in [-0.2, 0) is 32.7 Å². The van der Waals surface area contributed by atoms with Gasteiger partial charge in [0.1, 0.15) is 19.8 Å². The molecule has 0 radical (unpaired) electrons. The number of hydrogen-bond donors (Lipinski definition) is 1. The number of phosphoric acid groups is 1. The molecule has 0 aliphatic heterocycles. The molecule has 0 aliphatic rings. The first-order valence-electron chi connectivity index (χ1n) is 26.6. The molecule has 2 atom stereocenters. The summed E-state index contributed by atoms with van der Waals surface area (Å²) in [5, 5.41) is 0. The lowest BCUT2D eigenvalue weighted by Gasteiger charge is -2.24. The van der Waals surface area contributed by atoms with Gasteiger partial charge in [0, 0.05) is 12.8 Å². The Hall–Kier alpha value is -1.51. The molecule has 0 bridgehead atoms. The van der Waals surface area contributed by atoms with Crippen LogP contribution in [0, 0.1) is 0 Å². The molecule has 0 aromatic rings. The van der Waals surface area contributed by atoms with Crippen molar-refractivity contribution in [2.45, 2.75) is 258 Å². The van der Waals surface area contributed by atoms with Gasteiger partial charge in [-0.1, -0.05) is 224 Å². The summed E-state index contributed by atoms with van der Waals surface area (Å²) in [5.41, 5.74) is 0. The van der Waals surface area contributed by atoms with Gasteiger partial charge in [0.2, 0.25) is 0 Å². The van der Waals surface area contributed by atoms with Crippen molar-refractivity contribution in [3.05, 3.63) is 24.3 Å². The van der Waals surface area contributed by atoms with Crippen LogP contribution in [0.4, 0.5) is 0 Å². The normalized spacial score (nSPS) is 13.6. The van der Waals surface area contributed by atoms with Gasteiger partial charge in [-0.3, -0.25) is 18.6 Å². The van der Waals surface area contributed by atoms with Crippen molar-refractivity contribution in [3.8, 4) is 0 Å². The third kappa shape index (κ3) is 49.8. The summed E-state index contributed by atoms with van der Waals surface area (Å²) >= 11 is 0. The number of phosphoric ester groups is 1. The number of quaternary nitrogens is 1. The first-order chi connectivity index (χ1) is 30.5. The van der Waals surface area contributed by atoms with Crippen LogP contribution < -0.4 is 0 Å². The van der Waals surface area contributed by atoms with Crippen molar-refractivity contribution in [1.82, 2.24) is 0 Å². The monoisotopic (exact) mass is 913 g/mol. The Bertz CT molecular complexity index is 1120. The van der Waals surface area contributed by atoms with Gasteiger partial charge >= 0.3 is 19.8 Å². The number of likely N-dealkylation sites (N-methyl/N-ethyl adjacent to an activating group) is 1. The molecule has 0 aromatic carbocycles. The number of hydrogen-bond acceptors (Lipinski definition) is 7. The first kappa shape index (κ1) is 61.5. The predicted octanol–water partition coefficient (Wildman–Crippen LogP) is 15.9. The zero-order valence-electron chi connectivity index (χ0n) is 42.1. The molecule has 10 heteroatoms. The maximum Gasteiger partial charge on any atom is 0.472 e. The molecule has 1 unspecified atom stereocenters. The number of allylic oxidation sites excluding steroid dienone is 4. The Balaban J connectivity index is 4.23. The fraction of sp³-hybridized carbons (Fsp3) is 0.887. The second kappa shape index (κ2) is 45.6. The Labute approximate surface area is 389 Å². The van der Waals surface area contributed by atoms with Crippen molar-refractivity contribution in [1.29, 1.82) is 0 Å². The van der Waals surface area contributed by atoms with E-state index in [1.54, 1.807) is 0 Å². The largest absolute Gasteiger partial charge is 0.472 e. The highest BCUT2D eigenvalue weighted by molar-refractivity contribution is 7.47. The third-order valence-electron chi connectivity index (χ3n) is 11.7. The van der Waals surface area contributed by atoms with E-state index in [4.69, 9.17) is 18.5 Å². The second-order valence-corrected chi connectivity index (χ2v) is 20.7. The van der Waals surface area contributed by atoms with Crippen LogP contribution in [0.2, 0.25) is 0 Å². The molecule has 0 aromatic heterocycles. The summed E-state index contributed by atoms with van der Waals surface area (Å²) in [5.74, 6) is -0.838. The molecule has 9 nitrogen and oxygen atoms in total. The molecule has 0 aliphatic carbocycles. The molecule has 372 valence electrons.